The van der Waals surface area contributed by atoms with Crippen molar-refractivity contribution in [2.75, 3.05) is 11.9 Å². The van der Waals surface area contributed by atoms with Crippen molar-refractivity contribution in [3.05, 3.63) is 69.8 Å². The lowest BCUT2D eigenvalue weighted by Crippen LogP contribution is -2.26. The molecule has 3 N–H and O–H groups in total. The van der Waals surface area contributed by atoms with Gasteiger partial charge in [0.05, 0.1) is 12.9 Å². The molecule has 0 saturated carbocycles. The number of carbonyl (C=O) groups excluding carboxylic acids is 1. The van der Waals surface area contributed by atoms with Gasteiger partial charge in [-0.05, 0) is 66.3 Å². The number of pyridine rings is 1. The van der Waals surface area contributed by atoms with Crippen LogP contribution in [0.2, 0.25) is 0 Å². The van der Waals surface area contributed by atoms with Gasteiger partial charge in [0.2, 0.25) is 5.91 Å². The molecule has 1 amide bonds. The fraction of sp³-hybridized carbons (Fsp3) is 0.273. The maximum Gasteiger partial charge on any atom is 0.351 e. The summed E-state index contributed by atoms with van der Waals surface area (Å²) in [5.74, 6) is 0.497. The fourth-order valence-electron chi connectivity index (χ4n) is 3.76. The van der Waals surface area contributed by atoms with Crippen LogP contribution < -0.4 is 16.7 Å². The minimum atomic E-state index is -0.420. The number of amides is 1. The summed E-state index contributed by atoms with van der Waals surface area (Å²) >= 11 is 0. The maximum absolute atomic E-state index is 12.8. The summed E-state index contributed by atoms with van der Waals surface area (Å²) in [6.07, 6.45) is 4.65. The number of nitrogens with one attached hydrogen (secondary N) is 1. The summed E-state index contributed by atoms with van der Waals surface area (Å²) in [6.45, 7) is 3.83. The molecule has 0 radical (unpaired) electrons. The van der Waals surface area contributed by atoms with Crippen LogP contribution in [0, 0.1) is 13.8 Å². The van der Waals surface area contributed by atoms with Gasteiger partial charge in [0, 0.05) is 30.4 Å². The van der Waals surface area contributed by atoms with Crippen LogP contribution in [0.4, 0.5) is 10.1 Å². The lowest BCUT2D eigenvalue weighted by Gasteiger charge is -2.20. The molecule has 1 aliphatic rings. The van der Waals surface area contributed by atoms with Gasteiger partial charge >= 0.3 is 5.69 Å². The van der Waals surface area contributed by atoms with Crippen molar-refractivity contribution >= 4 is 24.0 Å². The molecule has 4 rings (SSSR count). The highest BCUT2D eigenvalue weighted by Crippen LogP contribution is 2.32. The Labute approximate surface area is 190 Å². The predicted molar refractivity (Wildman–Crippen MR) is 123 cm³/mol. The number of fused-ring (bicyclic) bond motifs is 1. The van der Waals surface area contributed by atoms with Gasteiger partial charge in [-0.2, -0.15) is 5.10 Å². The number of benzene rings is 1. The molecule has 2 aromatic heterocycles. The van der Waals surface area contributed by atoms with Crippen molar-refractivity contribution in [3.63, 3.8) is 0 Å². The molecule has 3 heterocycles. The second kappa shape index (κ2) is 9.46. The first-order chi connectivity index (χ1) is 14.9. The standard InChI is InChI=1S/C22H23FN6O2.ClH/c1-13-5-17(7-16-3-4-19(30)27-20(13)16)18-6-14(2)21(25-10-18)28-12-26-29(22(28)31)11-15(8-23)9-24;/h5-8,10,12H,3-4,9,11,24H2,1-2H3,(H,27,30);1H/b15-8+;. The molecular weight excluding hydrogens is 435 g/mol. The summed E-state index contributed by atoms with van der Waals surface area (Å²) in [7, 11) is 0. The molecule has 0 unspecified atom stereocenters. The maximum atomic E-state index is 12.8. The molecular formula is C22H24ClFN6O2. The summed E-state index contributed by atoms with van der Waals surface area (Å²) < 4.78 is 15.3. The van der Waals surface area contributed by atoms with E-state index in [1.807, 2.05) is 26.0 Å². The molecule has 168 valence electrons. The largest absolute Gasteiger partial charge is 0.351 e. The quantitative estimate of drug-likeness (QED) is 0.611. The number of rotatable bonds is 5. The summed E-state index contributed by atoms with van der Waals surface area (Å²) in [5, 5.41) is 6.99. The van der Waals surface area contributed by atoms with Crippen molar-refractivity contribution in [3.8, 4) is 16.9 Å². The minimum absolute atomic E-state index is 0. The number of hydrogen-bond donors (Lipinski definition) is 2. The number of anilines is 1. The summed E-state index contributed by atoms with van der Waals surface area (Å²) in [4.78, 5) is 28.9. The van der Waals surface area contributed by atoms with E-state index < -0.39 is 5.69 Å². The number of carbonyl (C=O) groups is 1. The molecule has 0 bridgehead atoms. The van der Waals surface area contributed by atoms with E-state index >= 15 is 0 Å². The number of aromatic nitrogens is 4. The average Bonchev–Trinajstić information content (AvgIpc) is 3.12. The third-order valence-electron chi connectivity index (χ3n) is 5.42. The normalized spacial score (nSPS) is 13.4. The molecule has 32 heavy (non-hydrogen) atoms. The van der Waals surface area contributed by atoms with Gasteiger partial charge in [-0.25, -0.2) is 23.4 Å². The van der Waals surface area contributed by atoms with E-state index in [4.69, 9.17) is 5.73 Å². The number of aryl methyl sites for hydroxylation is 3. The Kier molecular flexibility index (Phi) is 6.90. The summed E-state index contributed by atoms with van der Waals surface area (Å²) in [6, 6.07) is 6.05. The second-order valence-corrected chi connectivity index (χ2v) is 7.65. The first-order valence-electron chi connectivity index (χ1n) is 9.94. The average molecular weight is 459 g/mol. The van der Waals surface area contributed by atoms with Crippen LogP contribution in [0.1, 0.15) is 23.1 Å². The van der Waals surface area contributed by atoms with Gasteiger partial charge in [0.25, 0.3) is 0 Å². The van der Waals surface area contributed by atoms with Crippen LogP contribution in [-0.4, -0.2) is 31.8 Å². The molecule has 0 spiro atoms. The van der Waals surface area contributed by atoms with E-state index in [0.29, 0.717) is 25.0 Å². The van der Waals surface area contributed by atoms with Crippen molar-refractivity contribution in [2.45, 2.75) is 33.2 Å². The van der Waals surface area contributed by atoms with E-state index in [2.05, 4.69) is 21.5 Å². The highest BCUT2D eigenvalue weighted by atomic mass is 35.5. The molecule has 0 saturated heterocycles. The van der Waals surface area contributed by atoms with Crippen LogP contribution in [0.3, 0.4) is 0 Å². The zero-order valence-corrected chi connectivity index (χ0v) is 18.6. The van der Waals surface area contributed by atoms with E-state index in [1.54, 1.807) is 6.20 Å². The second-order valence-electron chi connectivity index (χ2n) is 7.65. The zero-order chi connectivity index (χ0) is 22.1. The Hall–Kier alpha value is -3.30. The zero-order valence-electron chi connectivity index (χ0n) is 17.8. The minimum Gasteiger partial charge on any atom is -0.327 e. The number of nitrogens with two attached hydrogens (primary N) is 1. The van der Waals surface area contributed by atoms with Crippen LogP contribution in [0.25, 0.3) is 16.9 Å². The lowest BCUT2D eigenvalue weighted by atomic mass is 9.94. The van der Waals surface area contributed by atoms with Gasteiger partial charge in [-0.15, -0.1) is 12.4 Å². The Balaban J connectivity index is 0.00000289. The predicted octanol–water partition coefficient (Wildman–Crippen LogP) is 2.83. The van der Waals surface area contributed by atoms with Crippen LogP contribution in [0.5, 0.6) is 0 Å². The first-order valence-corrected chi connectivity index (χ1v) is 9.94. The van der Waals surface area contributed by atoms with E-state index in [0.717, 1.165) is 38.2 Å². The Morgan fingerprint density at radius 3 is 2.62 bits per heavy atom. The molecule has 10 heteroatoms. The Morgan fingerprint density at radius 1 is 1.19 bits per heavy atom. The molecule has 0 atom stereocenters. The van der Waals surface area contributed by atoms with Crippen LogP contribution >= 0.6 is 12.4 Å². The summed E-state index contributed by atoms with van der Waals surface area (Å²) in [5.41, 5.74) is 11.0. The number of nitrogens with zero attached hydrogens (tertiary/aromatic N) is 4. The molecule has 3 aromatic rings. The van der Waals surface area contributed by atoms with Gasteiger partial charge in [0.15, 0.2) is 0 Å². The van der Waals surface area contributed by atoms with Gasteiger partial charge < -0.3 is 11.1 Å². The van der Waals surface area contributed by atoms with Gasteiger partial charge in [0.1, 0.15) is 12.1 Å². The van der Waals surface area contributed by atoms with Crippen LogP contribution in [0.15, 0.2) is 47.4 Å². The van der Waals surface area contributed by atoms with Gasteiger partial charge in [-0.1, -0.05) is 0 Å². The topological polar surface area (TPSA) is 108 Å². The Morgan fingerprint density at radius 2 is 1.94 bits per heavy atom. The first kappa shape index (κ1) is 23.4. The third kappa shape index (κ3) is 4.35. The highest BCUT2D eigenvalue weighted by molar-refractivity contribution is 5.95. The van der Waals surface area contributed by atoms with Crippen LogP contribution in [-0.2, 0) is 17.8 Å². The molecule has 0 fully saturated rings. The third-order valence-corrected chi connectivity index (χ3v) is 5.42. The van der Waals surface area contributed by atoms with Crippen molar-refractivity contribution in [2.24, 2.45) is 5.73 Å². The number of hydrogen-bond acceptors (Lipinski definition) is 5. The van der Waals surface area contributed by atoms with E-state index in [1.165, 1.54) is 10.9 Å². The molecule has 8 nitrogen and oxygen atoms in total. The fourth-order valence-corrected chi connectivity index (χ4v) is 3.76. The van der Waals surface area contributed by atoms with Crippen molar-refractivity contribution < 1.29 is 9.18 Å². The monoisotopic (exact) mass is 458 g/mol. The van der Waals surface area contributed by atoms with E-state index in [-0.39, 0.29) is 37.0 Å². The molecule has 1 aromatic carbocycles. The molecule has 1 aliphatic heterocycles. The smallest absolute Gasteiger partial charge is 0.327 e. The van der Waals surface area contributed by atoms with Crippen molar-refractivity contribution in [1.82, 2.24) is 19.3 Å². The Bertz CT molecular complexity index is 1260. The number of halogens is 2. The van der Waals surface area contributed by atoms with E-state index in [9.17, 15) is 14.0 Å². The molecule has 0 aliphatic carbocycles. The van der Waals surface area contributed by atoms with Crippen molar-refractivity contribution in [1.29, 1.82) is 0 Å². The lowest BCUT2D eigenvalue weighted by molar-refractivity contribution is -0.116. The highest BCUT2D eigenvalue weighted by Gasteiger charge is 2.18. The van der Waals surface area contributed by atoms with Gasteiger partial charge in [-0.3, -0.25) is 4.79 Å². The SMILES string of the molecule is Cc1cc(-c2cc(C)c3c(c2)CCC(=O)N3)cnc1-n1cnn(C/C(=C/F)CN)c1=O.Cl.